The van der Waals surface area contributed by atoms with Crippen molar-refractivity contribution in [1.82, 2.24) is 0 Å². The minimum atomic E-state index is 0.227. The third kappa shape index (κ3) is 3.07. The van der Waals surface area contributed by atoms with E-state index in [1.165, 1.54) is 36.0 Å². The van der Waals surface area contributed by atoms with Crippen molar-refractivity contribution in [2.45, 2.75) is 45.4 Å². The summed E-state index contributed by atoms with van der Waals surface area (Å²) in [7, 11) is 0. The zero-order valence-corrected chi connectivity index (χ0v) is 12.9. The highest BCUT2D eigenvalue weighted by Gasteiger charge is 2.20. The standard InChI is InChI=1S/C20H22O/c1-14-9-10-15(2)19(11-14)13-20(21)18-8-4-7-17(12-18)16-5-3-6-16/h4,7-12,16H,3,5-6,13H2,1-2H3. The number of rotatable bonds is 4. The van der Waals surface area contributed by atoms with Gasteiger partial charge in [0.05, 0.1) is 0 Å². The van der Waals surface area contributed by atoms with E-state index in [1.54, 1.807) is 0 Å². The third-order valence-corrected chi connectivity index (χ3v) is 4.64. The molecule has 0 spiro atoms. The Bertz CT molecular complexity index is 665. The molecule has 108 valence electrons. The number of ketones is 1. The maximum Gasteiger partial charge on any atom is 0.167 e. The predicted molar refractivity (Wildman–Crippen MR) is 87.0 cm³/mol. The molecule has 0 N–H and O–H groups in total. The van der Waals surface area contributed by atoms with Crippen molar-refractivity contribution in [3.05, 3.63) is 70.3 Å². The summed E-state index contributed by atoms with van der Waals surface area (Å²) in [5.41, 5.74) is 5.76. The summed E-state index contributed by atoms with van der Waals surface area (Å²) in [6.07, 6.45) is 4.37. The molecule has 2 aromatic rings. The largest absolute Gasteiger partial charge is 0.294 e. The van der Waals surface area contributed by atoms with Crippen LogP contribution in [0.25, 0.3) is 0 Å². The molecule has 0 aliphatic heterocycles. The van der Waals surface area contributed by atoms with E-state index in [0.29, 0.717) is 12.3 Å². The first kappa shape index (κ1) is 14.1. The molecule has 1 fully saturated rings. The molecule has 0 saturated heterocycles. The number of Topliss-reactive ketones (excluding diaryl/α,β-unsaturated/α-hetero) is 1. The van der Waals surface area contributed by atoms with Crippen molar-refractivity contribution >= 4 is 5.78 Å². The zero-order chi connectivity index (χ0) is 14.8. The SMILES string of the molecule is Cc1ccc(C)c(CC(=O)c2cccc(C3CCC3)c2)c1. The van der Waals surface area contributed by atoms with E-state index in [-0.39, 0.29) is 5.78 Å². The summed E-state index contributed by atoms with van der Waals surface area (Å²) >= 11 is 0. The van der Waals surface area contributed by atoms with Crippen molar-refractivity contribution in [2.75, 3.05) is 0 Å². The lowest BCUT2D eigenvalue weighted by Crippen LogP contribution is -2.11. The maximum atomic E-state index is 12.6. The fourth-order valence-corrected chi connectivity index (χ4v) is 2.97. The molecule has 0 amide bonds. The van der Waals surface area contributed by atoms with Crippen LogP contribution in [0.15, 0.2) is 42.5 Å². The lowest BCUT2D eigenvalue weighted by molar-refractivity contribution is 0.0992. The van der Waals surface area contributed by atoms with Crippen molar-refractivity contribution in [2.24, 2.45) is 0 Å². The molecule has 0 radical (unpaired) electrons. The minimum Gasteiger partial charge on any atom is -0.294 e. The average Bonchev–Trinajstić information content (AvgIpc) is 2.41. The van der Waals surface area contributed by atoms with Crippen LogP contribution in [0.5, 0.6) is 0 Å². The predicted octanol–water partition coefficient (Wildman–Crippen LogP) is 5.00. The van der Waals surface area contributed by atoms with Crippen molar-refractivity contribution < 1.29 is 4.79 Å². The van der Waals surface area contributed by atoms with E-state index in [9.17, 15) is 4.79 Å². The number of carbonyl (C=O) groups is 1. The number of hydrogen-bond acceptors (Lipinski definition) is 1. The lowest BCUT2D eigenvalue weighted by atomic mass is 9.79. The first-order valence-corrected chi connectivity index (χ1v) is 7.83. The third-order valence-electron chi connectivity index (χ3n) is 4.64. The average molecular weight is 278 g/mol. The summed E-state index contributed by atoms with van der Waals surface area (Å²) in [5, 5.41) is 0. The van der Waals surface area contributed by atoms with Gasteiger partial charge in [-0.3, -0.25) is 4.79 Å². The van der Waals surface area contributed by atoms with Crippen LogP contribution in [0.2, 0.25) is 0 Å². The summed E-state index contributed by atoms with van der Waals surface area (Å²) < 4.78 is 0. The van der Waals surface area contributed by atoms with Gasteiger partial charge in [0.2, 0.25) is 0 Å². The van der Waals surface area contributed by atoms with Gasteiger partial charge in [-0.25, -0.2) is 0 Å². The Hall–Kier alpha value is -1.89. The van der Waals surface area contributed by atoms with Crippen LogP contribution in [-0.2, 0) is 6.42 Å². The van der Waals surface area contributed by atoms with Gasteiger partial charge in [0.25, 0.3) is 0 Å². The fraction of sp³-hybridized carbons (Fsp3) is 0.350. The number of aryl methyl sites for hydroxylation is 2. The maximum absolute atomic E-state index is 12.6. The molecule has 0 bridgehead atoms. The van der Waals surface area contributed by atoms with Crippen LogP contribution >= 0.6 is 0 Å². The van der Waals surface area contributed by atoms with Crippen LogP contribution in [0.4, 0.5) is 0 Å². The van der Waals surface area contributed by atoms with Gasteiger partial charge in [-0.2, -0.15) is 0 Å². The second kappa shape index (κ2) is 5.85. The molecule has 0 aromatic heterocycles. The Morgan fingerprint density at radius 1 is 1.10 bits per heavy atom. The normalized spacial score (nSPS) is 14.8. The molecule has 21 heavy (non-hydrogen) atoms. The van der Waals surface area contributed by atoms with E-state index in [0.717, 1.165) is 11.1 Å². The topological polar surface area (TPSA) is 17.1 Å². The molecule has 0 atom stereocenters. The van der Waals surface area contributed by atoms with E-state index in [4.69, 9.17) is 0 Å². The van der Waals surface area contributed by atoms with Crippen molar-refractivity contribution in [1.29, 1.82) is 0 Å². The number of carbonyl (C=O) groups excluding carboxylic acids is 1. The Kier molecular flexibility index (Phi) is 3.92. The summed E-state index contributed by atoms with van der Waals surface area (Å²) in [6.45, 7) is 4.15. The minimum absolute atomic E-state index is 0.227. The van der Waals surface area contributed by atoms with E-state index in [1.807, 2.05) is 12.1 Å². The summed E-state index contributed by atoms with van der Waals surface area (Å²) in [5.74, 6) is 0.906. The van der Waals surface area contributed by atoms with Gasteiger partial charge in [0.15, 0.2) is 5.78 Å². The number of hydrogen-bond donors (Lipinski definition) is 0. The van der Waals surface area contributed by atoms with Crippen LogP contribution in [0.3, 0.4) is 0 Å². The Labute approximate surface area is 127 Å². The molecule has 3 rings (SSSR count). The van der Waals surface area contributed by atoms with Crippen LogP contribution in [0.1, 0.15) is 57.8 Å². The molecule has 1 aliphatic carbocycles. The van der Waals surface area contributed by atoms with E-state index < -0.39 is 0 Å². The zero-order valence-electron chi connectivity index (χ0n) is 12.9. The number of benzene rings is 2. The smallest absolute Gasteiger partial charge is 0.167 e. The van der Waals surface area contributed by atoms with E-state index >= 15 is 0 Å². The molecule has 0 unspecified atom stereocenters. The van der Waals surface area contributed by atoms with Gasteiger partial charge in [0.1, 0.15) is 0 Å². The van der Waals surface area contributed by atoms with Crippen LogP contribution < -0.4 is 0 Å². The molecule has 1 nitrogen and oxygen atoms in total. The molecule has 0 heterocycles. The highest BCUT2D eigenvalue weighted by Crippen LogP contribution is 2.36. The monoisotopic (exact) mass is 278 g/mol. The Morgan fingerprint density at radius 3 is 2.62 bits per heavy atom. The van der Waals surface area contributed by atoms with Crippen LogP contribution in [-0.4, -0.2) is 5.78 Å². The fourth-order valence-electron chi connectivity index (χ4n) is 2.97. The summed E-state index contributed by atoms with van der Waals surface area (Å²) in [4.78, 5) is 12.6. The lowest BCUT2D eigenvalue weighted by Gasteiger charge is -2.26. The first-order chi connectivity index (χ1) is 10.1. The van der Waals surface area contributed by atoms with E-state index in [2.05, 4.69) is 44.2 Å². The molecule has 1 saturated carbocycles. The molecule has 1 heteroatoms. The molecule has 2 aromatic carbocycles. The Balaban J connectivity index is 1.80. The molecular weight excluding hydrogens is 256 g/mol. The highest BCUT2D eigenvalue weighted by molar-refractivity contribution is 5.97. The van der Waals surface area contributed by atoms with Gasteiger partial charge in [-0.1, -0.05) is 48.4 Å². The van der Waals surface area contributed by atoms with Gasteiger partial charge in [-0.05, 0) is 55.4 Å². The molecular formula is C20H22O. The second-order valence-corrected chi connectivity index (χ2v) is 6.28. The first-order valence-electron chi connectivity index (χ1n) is 7.83. The quantitative estimate of drug-likeness (QED) is 0.719. The van der Waals surface area contributed by atoms with Crippen LogP contribution in [0, 0.1) is 13.8 Å². The van der Waals surface area contributed by atoms with Crippen molar-refractivity contribution in [3.63, 3.8) is 0 Å². The highest BCUT2D eigenvalue weighted by atomic mass is 16.1. The second-order valence-electron chi connectivity index (χ2n) is 6.28. The van der Waals surface area contributed by atoms with Gasteiger partial charge < -0.3 is 0 Å². The molecule has 1 aliphatic rings. The van der Waals surface area contributed by atoms with Gasteiger partial charge in [-0.15, -0.1) is 0 Å². The Morgan fingerprint density at radius 2 is 1.90 bits per heavy atom. The summed E-state index contributed by atoms with van der Waals surface area (Å²) in [6, 6.07) is 14.6. The van der Waals surface area contributed by atoms with Crippen molar-refractivity contribution in [3.8, 4) is 0 Å². The van der Waals surface area contributed by atoms with Gasteiger partial charge >= 0.3 is 0 Å². The van der Waals surface area contributed by atoms with Gasteiger partial charge in [0, 0.05) is 12.0 Å².